The molecule has 21 heavy (non-hydrogen) atoms. The molecule has 102 valence electrons. The van der Waals surface area contributed by atoms with Crippen LogP contribution < -0.4 is 0 Å². The van der Waals surface area contributed by atoms with Gasteiger partial charge in [0.1, 0.15) is 11.4 Å². The second kappa shape index (κ2) is 5.18. The van der Waals surface area contributed by atoms with Crippen molar-refractivity contribution in [1.82, 2.24) is 19.6 Å². The molecule has 0 aliphatic rings. The minimum Gasteiger partial charge on any atom is -0.278 e. The quantitative estimate of drug-likeness (QED) is 0.541. The summed E-state index contributed by atoms with van der Waals surface area (Å²) in [6.45, 7) is 0. The summed E-state index contributed by atoms with van der Waals surface area (Å²) in [5.41, 5.74) is 4.08. The van der Waals surface area contributed by atoms with Crippen LogP contribution in [0.5, 0.6) is 0 Å². The summed E-state index contributed by atoms with van der Waals surface area (Å²) in [7, 11) is 0. The molecule has 0 atom stereocenters. The molecule has 0 spiro atoms. The largest absolute Gasteiger partial charge is 0.278 e. The van der Waals surface area contributed by atoms with Gasteiger partial charge in [-0.1, -0.05) is 54.2 Å². The Morgan fingerprint density at radius 1 is 0.952 bits per heavy atom. The highest BCUT2D eigenvalue weighted by atomic mass is 32.2. The summed E-state index contributed by atoms with van der Waals surface area (Å²) in [6, 6.07) is 18.4. The van der Waals surface area contributed by atoms with E-state index in [1.165, 1.54) is 5.56 Å². The van der Waals surface area contributed by atoms with Crippen LogP contribution in [0.15, 0.2) is 66.0 Å². The fourth-order valence-electron chi connectivity index (χ4n) is 2.30. The third kappa shape index (κ3) is 2.25. The number of nitrogens with zero attached hydrogens (tertiary/aromatic N) is 4. The number of para-hydroxylation sites is 2. The lowest BCUT2D eigenvalue weighted by molar-refractivity contribution is 1.08. The van der Waals surface area contributed by atoms with E-state index in [4.69, 9.17) is 4.98 Å². The van der Waals surface area contributed by atoms with Crippen molar-refractivity contribution in [2.24, 2.45) is 0 Å². The Balaban J connectivity index is 1.78. The number of thioether (sulfide) groups is 1. The van der Waals surface area contributed by atoms with E-state index in [1.54, 1.807) is 18.1 Å². The molecular formula is C16H12N4S. The first-order valence-electron chi connectivity index (χ1n) is 6.67. The van der Waals surface area contributed by atoms with Crippen molar-refractivity contribution < 1.29 is 0 Å². The molecule has 2 heterocycles. The molecule has 0 saturated heterocycles. The Morgan fingerprint density at radius 3 is 2.67 bits per heavy atom. The van der Waals surface area contributed by atoms with Crippen LogP contribution in [0.1, 0.15) is 5.56 Å². The van der Waals surface area contributed by atoms with Gasteiger partial charge in [0, 0.05) is 5.75 Å². The molecule has 0 unspecified atom stereocenters. The van der Waals surface area contributed by atoms with Crippen LogP contribution in [0.25, 0.3) is 16.7 Å². The van der Waals surface area contributed by atoms with Gasteiger partial charge in [-0.05, 0) is 17.7 Å². The third-order valence-electron chi connectivity index (χ3n) is 3.32. The van der Waals surface area contributed by atoms with Gasteiger partial charge in [0.05, 0.1) is 11.0 Å². The Kier molecular flexibility index (Phi) is 3.05. The third-order valence-corrected chi connectivity index (χ3v) is 4.35. The number of rotatable bonds is 3. The molecule has 0 fully saturated rings. The Bertz CT molecular complexity index is 902. The fraction of sp³-hybridized carbons (Fsp3) is 0.0625. The van der Waals surface area contributed by atoms with Crippen LogP contribution in [-0.4, -0.2) is 19.6 Å². The lowest BCUT2D eigenvalue weighted by Crippen LogP contribution is -1.94. The summed E-state index contributed by atoms with van der Waals surface area (Å²) in [5.74, 6) is 0.870. The van der Waals surface area contributed by atoms with Gasteiger partial charge in [-0.2, -0.15) is 0 Å². The first kappa shape index (κ1) is 12.3. The molecule has 0 radical (unpaired) electrons. The van der Waals surface area contributed by atoms with Gasteiger partial charge < -0.3 is 0 Å². The van der Waals surface area contributed by atoms with E-state index in [0.29, 0.717) is 0 Å². The van der Waals surface area contributed by atoms with Crippen LogP contribution in [0, 0.1) is 0 Å². The summed E-state index contributed by atoms with van der Waals surface area (Å²) in [6.07, 6.45) is 1.74. The van der Waals surface area contributed by atoms with Crippen molar-refractivity contribution in [3.63, 3.8) is 0 Å². The van der Waals surface area contributed by atoms with Gasteiger partial charge >= 0.3 is 0 Å². The normalized spacial score (nSPS) is 11.2. The van der Waals surface area contributed by atoms with Crippen LogP contribution in [0.3, 0.4) is 0 Å². The summed E-state index contributed by atoms with van der Waals surface area (Å²) < 4.78 is 2.00. The Morgan fingerprint density at radius 2 is 1.76 bits per heavy atom. The minimum absolute atomic E-state index is 0.814. The summed E-state index contributed by atoms with van der Waals surface area (Å²) in [4.78, 5) is 4.73. The predicted octanol–water partition coefficient (Wildman–Crippen LogP) is 3.57. The molecule has 0 aliphatic carbocycles. The van der Waals surface area contributed by atoms with Gasteiger partial charge in [0.2, 0.25) is 0 Å². The zero-order valence-corrected chi connectivity index (χ0v) is 12.0. The molecule has 0 saturated carbocycles. The van der Waals surface area contributed by atoms with Crippen molar-refractivity contribution in [3.8, 4) is 0 Å². The van der Waals surface area contributed by atoms with E-state index in [1.807, 2.05) is 34.7 Å². The molecule has 4 nitrogen and oxygen atoms in total. The second-order valence-electron chi connectivity index (χ2n) is 4.70. The van der Waals surface area contributed by atoms with Crippen LogP contribution in [0.2, 0.25) is 0 Å². The van der Waals surface area contributed by atoms with Gasteiger partial charge in [0.25, 0.3) is 0 Å². The zero-order valence-electron chi connectivity index (χ0n) is 11.2. The van der Waals surface area contributed by atoms with Gasteiger partial charge in [-0.3, -0.25) is 4.40 Å². The highest BCUT2D eigenvalue weighted by Crippen LogP contribution is 2.26. The van der Waals surface area contributed by atoms with Crippen LogP contribution in [0.4, 0.5) is 0 Å². The minimum atomic E-state index is 0.814. The van der Waals surface area contributed by atoms with Crippen LogP contribution >= 0.6 is 11.8 Å². The Labute approximate surface area is 125 Å². The monoisotopic (exact) mass is 292 g/mol. The highest BCUT2D eigenvalue weighted by molar-refractivity contribution is 7.98. The van der Waals surface area contributed by atoms with Crippen molar-refractivity contribution in [2.75, 3.05) is 0 Å². The molecule has 4 rings (SSSR count). The number of benzene rings is 2. The topological polar surface area (TPSA) is 43.1 Å². The van der Waals surface area contributed by atoms with Crippen molar-refractivity contribution in [1.29, 1.82) is 0 Å². The lowest BCUT2D eigenvalue weighted by atomic mass is 10.2. The second-order valence-corrected chi connectivity index (χ2v) is 5.67. The van der Waals surface area contributed by atoms with E-state index < -0.39 is 0 Å². The zero-order chi connectivity index (χ0) is 14.1. The summed E-state index contributed by atoms with van der Waals surface area (Å²) in [5, 5.41) is 9.15. The average molecular weight is 292 g/mol. The molecule has 0 N–H and O–H groups in total. The van der Waals surface area contributed by atoms with Gasteiger partial charge in [-0.15, -0.1) is 10.2 Å². The van der Waals surface area contributed by atoms with E-state index >= 15 is 0 Å². The molecule has 5 heteroatoms. The summed E-state index contributed by atoms with van der Waals surface area (Å²) >= 11 is 1.69. The molecule has 0 amide bonds. The molecule has 4 aromatic rings. The lowest BCUT2D eigenvalue weighted by Gasteiger charge is -2.06. The average Bonchev–Trinajstić information content (AvgIpc) is 3.04. The SMILES string of the molecule is c1ccc(CSc2nc3ccccc3n3cnnc23)cc1. The van der Waals surface area contributed by atoms with E-state index in [9.17, 15) is 0 Å². The number of fused-ring (bicyclic) bond motifs is 3. The van der Waals surface area contributed by atoms with Crippen molar-refractivity contribution in [3.05, 3.63) is 66.5 Å². The van der Waals surface area contributed by atoms with E-state index in [-0.39, 0.29) is 0 Å². The molecule has 0 aliphatic heterocycles. The van der Waals surface area contributed by atoms with Gasteiger partial charge in [-0.25, -0.2) is 4.98 Å². The Hall–Kier alpha value is -2.40. The maximum atomic E-state index is 4.73. The molecule has 0 bridgehead atoms. The number of hydrogen-bond donors (Lipinski definition) is 0. The molecular weight excluding hydrogens is 280 g/mol. The maximum absolute atomic E-state index is 4.73. The number of aromatic nitrogens is 4. The van der Waals surface area contributed by atoms with E-state index in [0.717, 1.165) is 27.5 Å². The first-order valence-corrected chi connectivity index (χ1v) is 7.65. The smallest absolute Gasteiger partial charge is 0.193 e. The van der Waals surface area contributed by atoms with Crippen molar-refractivity contribution >= 4 is 28.4 Å². The molecule has 2 aromatic heterocycles. The maximum Gasteiger partial charge on any atom is 0.193 e. The highest BCUT2D eigenvalue weighted by Gasteiger charge is 2.10. The van der Waals surface area contributed by atoms with E-state index in [2.05, 4.69) is 34.5 Å². The van der Waals surface area contributed by atoms with Crippen LogP contribution in [-0.2, 0) is 5.75 Å². The first-order chi connectivity index (χ1) is 10.4. The predicted molar refractivity (Wildman–Crippen MR) is 84.3 cm³/mol. The van der Waals surface area contributed by atoms with Crippen molar-refractivity contribution in [2.45, 2.75) is 10.8 Å². The molecule has 2 aromatic carbocycles. The number of hydrogen-bond acceptors (Lipinski definition) is 4. The van der Waals surface area contributed by atoms with Gasteiger partial charge in [0.15, 0.2) is 5.65 Å². The standard InChI is InChI=1S/C16H12N4S/c1-2-6-12(7-3-1)10-21-16-15-19-17-11-20(15)14-9-5-4-8-13(14)18-16/h1-9,11H,10H2. The fourth-order valence-corrected chi connectivity index (χ4v) is 3.23.